The summed E-state index contributed by atoms with van der Waals surface area (Å²) in [4.78, 5) is 0. The van der Waals surface area contributed by atoms with Crippen LogP contribution in [-0.2, 0) is 32.7 Å². The molecule has 0 bridgehead atoms. The molecule has 0 aromatic heterocycles. The van der Waals surface area contributed by atoms with Crippen molar-refractivity contribution in [1.29, 1.82) is 0 Å². The van der Waals surface area contributed by atoms with E-state index in [9.17, 15) is 0 Å². The van der Waals surface area contributed by atoms with Crippen molar-refractivity contribution in [3.8, 4) is 0 Å². The monoisotopic (exact) mass is 132 g/mol. The zero-order valence-electron chi connectivity index (χ0n) is 3.15. The maximum atomic E-state index is 2.00. The molecule has 0 aromatic carbocycles. The molecule has 0 aliphatic rings. The van der Waals surface area contributed by atoms with E-state index in [0.29, 0.717) is 0 Å². The Kier molecular flexibility index (Phi) is 19.9. The van der Waals surface area contributed by atoms with Crippen molar-refractivity contribution in [3.05, 3.63) is 6.42 Å². The Morgan fingerprint density at radius 1 is 1.25 bits per heavy atom. The van der Waals surface area contributed by atoms with Crippen molar-refractivity contribution in [1.82, 2.24) is 0 Å². The van der Waals surface area contributed by atoms with Gasteiger partial charge < -0.3 is 6.42 Å². The van der Waals surface area contributed by atoms with E-state index in [4.69, 9.17) is 0 Å². The molecule has 0 nitrogen and oxygen atoms in total. The average molecular weight is 132 g/mol. The zero-order valence-corrected chi connectivity index (χ0v) is 5.99. The van der Waals surface area contributed by atoms with Gasteiger partial charge in [0, 0.05) is 0 Å². The van der Waals surface area contributed by atoms with Crippen LogP contribution in [0.25, 0.3) is 0 Å². The number of hydrogen-bond acceptors (Lipinski definition) is 0. The van der Waals surface area contributed by atoms with Crippen LogP contribution in [0.1, 0.15) is 13.8 Å². The Morgan fingerprint density at radius 3 is 1.25 bits per heavy atom. The van der Waals surface area contributed by atoms with Gasteiger partial charge in [-0.05, 0) is 0 Å². The first-order valence-corrected chi connectivity index (χ1v) is 1.15. The van der Waals surface area contributed by atoms with Crippen LogP contribution in [0.2, 0.25) is 0 Å². The fourth-order valence-corrected chi connectivity index (χ4v) is 0. The summed E-state index contributed by atoms with van der Waals surface area (Å²) in [6.07, 6.45) is 2.00. The third kappa shape index (κ3) is 11.3. The molecule has 0 aliphatic heterocycles. The van der Waals surface area contributed by atoms with Crippen molar-refractivity contribution < 1.29 is 32.7 Å². The first-order valence-electron chi connectivity index (χ1n) is 1.15. The molecule has 0 N–H and O–H groups in total. The maximum Gasteiger partial charge on any atom is 3.00 e. The molecule has 1 heteroatoms. The summed E-state index contributed by atoms with van der Waals surface area (Å²) in [7, 11) is 0. The second-order valence-corrected chi connectivity index (χ2v) is 0.577. The van der Waals surface area contributed by atoms with Gasteiger partial charge in [0.15, 0.2) is 0 Å². The first kappa shape index (κ1) is 8.92. The van der Waals surface area contributed by atoms with Gasteiger partial charge in [-0.25, -0.2) is 0 Å². The molecule has 0 saturated carbocycles. The quantitative estimate of drug-likeness (QED) is 0.435. The Hall–Kier alpha value is 1.10. The number of rotatable bonds is 0. The second kappa shape index (κ2) is 8.93. The van der Waals surface area contributed by atoms with Gasteiger partial charge in [0.05, 0.1) is 0 Å². The molecule has 4 heavy (non-hydrogen) atoms. The largest absolute Gasteiger partial charge is 3.00 e. The molecular weight excluding hydrogens is 125 g/mol. The Balaban J connectivity index is 0. The number of hydrogen-bond donors (Lipinski definition) is 0. The Labute approximate surface area is 52.9 Å². The zero-order chi connectivity index (χ0) is 2.71. The van der Waals surface area contributed by atoms with Gasteiger partial charge in [-0.3, -0.25) is 0 Å². The predicted molar refractivity (Wildman–Crippen MR) is 15.6 cm³/mol. The molecule has 0 aliphatic carbocycles. The van der Waals surface area contributed by atoms with Crippen molar-refractivity contribution in [2.45, 2.75) is 13.8 Å². The van der Waals surface area contributed by atoms with Gasteiger partial charge in [0.2, 0.25) is 0 Å². The molecular formula is C3H7Y+2. The first-order chi connectivity index (χ1) is 1.41. The van der Waals surface area contributed by atoms with Crippen molar-refractivity contribution in [3.63, 3.8) is 0 Å². The molecule has 20 valence electrons. The fraction of sp³-hybridized carbons (Fsp3) is 0.667. The molecule has 0 fully saturated rings. The molecule has 0 atom stereocenters. The average Bonchev–Trinajstić information content (AvgIpc) is 0.918. The summed E-state index contributed by atoms with van der Waals surface area (Å²) >= 11 is 0. The molecule has 0 saturated heterocycles. The molecule has 0 unspecified atom stereocenters. The normalized spacial score (nSPS) is 4.50. The van der Waals surface area contributed by atoms with E-state index in [-0.39, 0.29) is 32.7 Å². The molecule has 0 amide bonds. The molecule has 0 aromatic rings. The summed E-state index contributed by atoms with van der Waals surface area (Å²) in [5.74, 6) is 0. The van der Waals surface area contributed by atoms with Crippen LogP contribution in [0, 0.1) is 6.42 Å². The van der Waals surface area contributed by atoms with Crippen LogP contribution in [0.15, 0.2) is 0 Å². The van der Waals surface area contributed by atoms with Gasteiger partial charge in [0.25, 0.3) is 0 Å². The van der Waals surface area contributed by atoms with Gasteiger partial charge in [-0.15, -0.1) is 0 Å². The van der Waals surface area contributed by atoms with E-state index < -0.39 is 0 Å². The van der Waals surface area contributed by atoms with Crippen LogP contribution in [0.4, 0.5) is 0 Å². The van der Waals surface area contributed by atoms with Gasteiger partial charge in [-0.1, -0.05) is 0 Å². The van der Waals surface area contributed by atoms with Crippen LogP contribution in [-0.4, -0.2) is 0 Å². The maximum absolute atomic E-state index is 2.00. The minimum Gasteiger partial charge on any atom is -0.335 e. The van der Waals surface area contributed by atoms with Crippen LogP contribution >= 0.6 is 0 Å². The van der Waals surface area contributed by atoms with Gasteiger partial charge in [0.1, 0.15) is 0 Å². The predicted octanol–water partition coefficient (Wildman–Crippen LogP) is 1.23. The smallest absolute Gasteiger partial charge is 0.335 e. The second-order valence-electron chi connectivity index (χ2n) is 0.577. The molecule has 0 heterocycles. The SMILES string of the molecule is C[CH-]C.[Y+3]. The van der Waals surface area contributed by atoms with Crippen LogP contribution < -0.4 is 0 Å². The van der Waals surface area contributed by atoms with Crippen molar-refractivity contribution in [2.24, 2.45) is 0 Å². The summed E-state index contributed by atoms with van der Waals surface area (Å²) < 4.78 is 0. The summed E-state index contributed by atoms with van der Waals surface area (Å²) in [6, 6.07) is 0. The standard InChI is InChI=1S/C3H7.Y/c1-3-2;/h3H,1-2H3;/q-1;+3. The van der Waals surface area contributed by atoms with Gasteiger partial charge >= 0.3 is 32.7 Å². The van der Waals surface area contributed by atoms with E-state index in [1.807, 2.05) is 20.3 Å². The molecule has 0 rings (SSSR count). The minimum atomic E-state index is 0. The molecule has 0 radical (unpaired) electrons. The summed E-state index contributed by atoms with van der Waals surface area (Å²) in [6.45, 7) is 4.00. The Bertz CT molecular complexity index is 3.25. The van der Waals surface area contributed by atoms with Gasteiger partial charge in [-0.2, -0.15) is 13.8 Å². The fourth-order valence-electron chi connectivity index (χ4n) is 0. The summed E-state index contributed by atoms with van der Waals surface area (Å²) in [5.41, 5.74) is 0. The van der Waals surface area contributed by atoms with Crippen molar-refractivity contribution in [2.75, 3.05) is 0 Å². The third-order valence-electron chi connectivity index (χ3n) is 0. The van der Waals surface area contributed by atoms with E-state index in [0.717, 1.165) is 0 Å². The topological polar surface area (TPSA) is 0 Å². The van der Waals surface area contributed by atoms with Crippen LogP contribution in [0.5, 0.6) is 0 Å². The van der Waals surface area contributed by atoms with E-state index >= 15 is 0 Å². The van der Waals surface area contributed by atoms with E-state index in [1.165, 1.54) is 0 Å². The molecule has 0 spiro atoms. The summed E-state index contributed by atoms with van der Waals surface area (Å²) in [5, 5.41) is 0. The third-order valence-corrected chi connectivity index (χ3v) is 0. The van der Waals surface area contributed by atoms with E-state index in [1.54, 1.807) is 0 Å². The van der Waals surface area contributed by atoms with E-state index in [2.05, 4.69) is 0 Å². The Morgan fingerprint density at radius 2 is 1.25 bits per heavy atom. The van der Waals surface area contributed by atoms with Crippen molar-refractivity contribution >= 4 is 0 Å². The minimum absolute atomic E-state index is 0. The van der Waals surface area contributed by atoms with Crippen LogP contribution in [0.3, 0.4) is 0 Å².